The molecular formula is C33H26ClN2O5P. The van der Waals surface area contributed by atoms with E-state index in [0.717, 1.165) is 16.7 Å². The molecular weight excluding hydrogens is 571 g/mol. The minimum absolute atomic E-state index is 0.598. The first-order valence-electron chi connectivity index (χ1n) is 12.9. The van der Waals surface area contributed by atoms with Crippen LogP contribution in [0.1, 0.15) is 0 Å². The van der Waals surface area contributed by atoms with E-state index >= 15 is 0 Å². The van der Waals surface area contributed by atoms with Gasteiger partial charge in [-0.3, -0.25) is 0 Å². The second-order valence-corrected chi connectivity index (χ2v) is 13.2. The molecule has 0 aliphatic heterocycles. The van der Waals surface area contributed by atoms with Gasteiger partial charge in [0.05, 0.1) is 0 Å². The molecule has 42 heavy (non-hydrogen) atoms. The molecule has 0 bridgehead atoms. The van der Waals surface area contributed by atoms with E-state index in [-0.39, 0.29) is 0 Å². The highest BCUT2D eigenvalue weighted by Gasteiger charge is 2.53. The van der Waals surface area contributed by atoms with Crippen LogP contribution in [0.5, 0.6) is 0 Å². The summed E-state index contributed by atoms with van der Waals surface area (Å²) in [6, 6.07) is 52.4. The second kappa shape index (κ2) is 13.1. The van der Waals surface area contributed by atoms with Crippen LogP contribution in [-0.4, -0.2) is 4.98 Å². The van der Waals surface area contributed by atoms with Crippen LogP contribution in [0, 0.1) is 10.2 Å². The van der Waals surface area contributed by atoms with Crippen molar-refractivity contribution in [3.05, 3.63) is 152 Å². The van der Waals surface area contributed by atoms with Crippen molar-refractivity contribution in [3.63, 3.8) is 0 Å². The molecule has 0 radical (unpaired) electrons. The van der Waals surface area contributed by atoms with Crippen molar-refractivity contribution in [2.45, 2.75) is 0 Å². The highest BCUT2D eigenvalue weighted by molar-refractivity contribution is 8.01. The van der Waals surface area contributed by atoms with E-state index in [1.54, 1.807) is 0 Å². The number of anilines is 2. The van der Waals surface area contributed by atoms with Crippen molar-refractivity contribution >= 4 is 40.2 Å². The summed E-state index contributed by atoms with van der Waals surface area (Å²) in [5.41, 5.74) is 2.81. The number of halogens is 1. The molecule has 0 spiro atoms. The van der Waals surface area contributed by atoms with Gasteiger partial charge in [0, 0.05) is 11.3 Å². The highest BCUT2D eigenvalue weighted by Crippen LogP contribution is 2.56. The Morgan fingerprint density at radius 1 is 0.524 bits per heavy atom. The predicted octanol–water partition coefficient (Wildman–Crippen LogP) is 1.95. The van der Waals surface area contributed by atoms with E-state index in [4.69, 9.17) is 28.0 Å². The lowest BCUT2D eigenvalue weighted by atomic mass is 10.2. The molecule has 5 aromatic carbocycles. The SMILES string of the molecule is [O-][Cl+3]([O-])([O-])[O-].c1ccc(Nc2oc(-c3ccccc3)nc2[P+](c2ccccc2)(c2ccccc2)c2ccccc2)cc1. The molecule has 9 heteroatoms. The van der Waals surface area contributed by atoms with E-state index in [2.05, 4.69) is 96.3 Å². The zero-order valence-electron chi connectivity index (χ0n) is 22.2. The summed E-state index contributed by atoms with van der Waals surface area (Å²) in [6.07, 6.45) is 0. The maximum absolute atomic E-state index is 8.49. The van der Waals surface area contributed by atoms with Gasteiger partial charge < -0.3 is 9.73 Å². The van der Waals surface area contributed by atoms with E-state index in [0.29, 0.717) is 11.8 Å². The van der Waals surface area contributed by atoms with Gasteiger partial charge in [0.15, 0.2) is 7.26 Å². The van der Waals surface area contributed by atoms with Gasteiger partial charge in [0.2, 0.25) is 5.89 Å². The summed E-state index contributed by atoms with van der Waals surface area (Å²) in [6.45, 7) is 0. The fourth-order valence-corrected chi connectivity index (χ4v) is 8.88. The first kappa shape index (κ1) is 29.2. The third kappa shape index (κ3) is 6.75. The molecule has 0 aliphatic carbocycles. The van der Waals surface area contributed by atoms with Crippen LogP contribution in [0.2, 0.25) is 0 Å². The molecule has 7 nitrogen and oxygen atoms in total. The Hall–Kier alpha value is -4.33. The maximum Gasteiger partial charge on any atom is 0.263 e. The molecule has 1 N–H and O–H groups in total. The zero-order valence-corrected chi connectivity index (χ0v) is 23.9. The Bertz CT molecular complexity index is 1580. The van der Waals surface area contributed by atoms with Gasteiger partial charge in [-0.2, -0.15) is 4.98 Å². The van der Waals surface area contributed by atoms with Crippen LogP contribution < -0.4 is 45.3 Å². The average molecular weight is 597 g/mol. The molecule has 0 fully saturated rings. The van der Waals surface area contributed by atoms with Crippen LogP contribution in [0.4, 0.5) is 11.6 Å². The van der Waals surface area contributed by atoms with Crippen molar-refractivity contribution in [1.29, 1.82) is 0 Å². The Morgan fingerprint density at radius 2 is 0.881 bits per heavy atom. The number of nitrogens with zero attached hydrogens (tertiary/aromatic N) is 1. The standard InChI is InChI=1S/C33H26N2OP.ClHO4/c1-6-16-26(17-7-1)31-35-33(32(36-31)34-27-18-8-2-9-19-27)37(28-20-10-3-11-21-28,29-22-12-4-13-23-29)30-24-14-5-15-25-30;2-1(3,4)5/h1-25,34H;(H,2,3,4,5)/q+1;/p-1. The van der Waals surface area contributed by atoms with Crippen molar-refractivity contribution in [3.8, 4) is 11.5 Å². The molecule has 0 saturated carbocycles. The summed E-state index contributed by atoms with van der Waals surface area (Å²) in [7, 11) is -7.39. The highest BCUT2D eigenvalue weighted by atomic mass is 35.7. The minimum atomic E-state index is -4.94. The lowest BCUT2D eigenvalue weighted by molar-refractivity contribution is -2.00. The molecule has 0 saturated heterocycles. The van der Waals surface area contributed by atoms with Gasteiger partial charge >= 0.3 is 0 Å². The number of benzene rings is 5. The molecule has 1 heterocycles. The average Bonchev–Trinajstić information content (AvgIpc) is 3.43. The second-order valence-electron chi connectivity index (χ2n) is 9.08. The van der Waals surface area contributed by atoms with E-state index < -0.39 is 17.5 Å². The van der Waals surface area contributed by atoms with Crippen LogP contribution in [0.3, 0.4) is 0 Å². The lowest BCUT2D eigenvalue weighted by Gasteiger charge is -2.25. The molecule has 0 amide bonds. The quantitative estimate of drug-likeness (QED) is 0.279. The van der Waals surface area contributed by atoms with E-state index in [9.17, 15) is 0 Å². The third-order valence-corrected chi connectivity index (χ3v) is 10.6. The summed E-state index contributed by atoms with van der Waals surface area (Å²) >= 11 is 0. The molecule has 0 unspecified atom stereocenters. The molecule has 210 valence electrons. The number of para-hydroxylation sites is 1. The Morgan fingerprint density at radius 3 is 1.29 bits per heavy atom. The van der Waals surface area contributed by atoms with E-state index in [1.807, 2.05) is 60.7 Å². The van der Waals surface area contributed by atoms with Gasteiger partial charge in [0.1, 0.15) is 15.9 Å². The smallest absolute Gasteiger partial charge is 0.263 e. The van der Waals surface area contributed by atoms with Crippen molar-refractivity contribution in [2.24, 2.45) is 0 Å². The maximum atomic E-state index is 8.49. The molecule has 0 aliphatic rings. The topological polar surface area (TPSA) is 130 Å². The number of rotatable bonds is 7. The summed E-state index contributed by atoms with van der Waals surface area (Å²) in [5.74, 6) is 1.26. The van der Waals surface area contributed by atoms with Gasteiger partial charge in [0.25, 0.3) is 11.3 Å². The first-order valence-corrected chi connectivity index (χ1v) is 15.9. The van der Waals surface area contributed by atoms with Crippen LogP contribution >= 0.6 is 7.26 Å². The van der Waals surface area contributed by atoms with Gasteiger partial charge in [-0.15, -0.1) is 10.2 Å². The van der Waals surface area contributed by atoms with Crippen LogP contribution in [0.15, 0.2) is 156 Å². The number of oxazole rings is 1. The summed E-state index contributed by atoms with van der Waals surface area (Å²) < 4.78 is 40.6. The van der Waals surface area contributed by atoms with Gasteiger partial charge in [-0.25, -0.2) is 18.6 Å². The Labute approximate surface area is 246 Å². The monoisotopic (exact) mass is 596 g/mol. The van der Waals surface area contributed by atoms with E-state index in [1.165, 1.54) is 15.9 Å². The largest absolute Gasteiger partial charge is 0.416 e. The van der Waals surface area contributed by atoms with Crippen LogP contribution in [0.25, 0.3) is 11.5 Å². The number of hydrogen-bond acceptors (Lipinski definition) is 7. The fourth-order valence-electron chi connectivity index (χ4n) is 4.75. The Kier molecular flexibility index (Phi) is 9.10. The van der Waals surface area contributed by atoms with Gasteiger partial charge in [-0.05, 0) is 60.7 Å². The summed E-state index contributed by atoms with van der Waals surface area (Å²) in [4.78, 5) is 5.30. The predicted molar refractivity (Wildman–Crippen MR) is 156 cm³/mol. The van der Waals surface area contributed by atoms with Crippen LogP contribution in [-0.2, 0) is 0 Å². The van der Waals surface area contributed by atoms with Crippen molar-refractivity contribution in [2.75, 3.05) is 5.32 Å². The lowest BCUT2D eigenvalue weighted by Crippen LogP contribution is -2.68. The molecule has 1 aromatic heterocycles. The number of hydrogen-bond donors (Lipinski definition) is 1. The summed E-state index contributed by atoms with van der Waals surface area (Å²) in [5, 5.41) is 7.23. The fraction of sp³-hybridized carbons (Fsp3) is 0. The van der Waals surface area contributed by atoms with Crippen molar-refractivity contribution in [1.82, 2.24) is 4.98 Å². The van der Waals surface area contributed by atoms with Crippen molar-refractivity contribution < 1.29 is 33.3 Å². The number of aromatic nitrogens is 1. The number of nitrogens with one attached hydrogen (secondary N) is 1. The Balaban J connectivity index is 0.000000652. The first-order chi connectivity index (χ1) is 20.4. The molecule has 6 aromatic rings. The third-order valence-electron chi connectivity index (χ3n) is 6.41. The minimum Gasteiger partial charge on any atom is -0.416 e. The molecule has 0 atom stereocenters. The van der Waals surface area contributed by atoms with Gasteiger partial charge in [-0.1, -0.05) is 91.0 Å². The molecule has 6 rings (SSSR count). The zero-order chi connectivity index (χ0) is 29.4. The normalized spacial score (nSPS) is 11.3.